The first-order valence-corrected chi connectivity index (χ1v) is 7.32. The van der Waals surface area contributed by atoms with Crippen molar-refractivity contribution in [3.63, 3.8) is 0 Å². The van der Waals surface area contributed by atoms with Crippen LogP contribution in [-0.2, 0) is 14.8 Å². The molecule has 0 aliphatic heterocycles. The van der Waals surface area contributed by atoms with E-state index in [0.717, 1.165) is 18.2 Å². The van der Waals surface area contributed by atoms with E-state index in [4.69, 9.17) is 11.6 Å². The molecule has 1 amide bonds. The molecule has 0 unspecified atom stereocenters. The van der Waals surface area contributed by atoms with E-state index in [2.05, 4.69) is 10.0 Å². The first-order valence-electron chi connectivity index (χ1n) is 5.46. The summed E-state index contributed by atoms with van der Waals surface area (Å²) in [7, 11) is -3.89. The number of hydrogen-bond acceptors (Lipinski definition) is 3. The lowest BCUT2D eigenvalue weighted by atomic mass is 10.3. The summed E-state index contributed by atoms with van der Waals surface area (Å²) in [5.74, 6) is -1.16. The second-order valence-corrected chi connectivity index (χ2v) is 6.30. The molecule has 0 aliphatic rings. The summed E-state index contributed by atoms with van der Waals surface area (Å²) in [5, 5.41) is 2.24. The molecule has 1 rings (SSSR count). The third-order valence-corrected chi connectivity index (χ3v) is 3.76. The molecule has 19 heavy (non-hydrogen) atoms. The largest absolute Gasteiger partial charge is 0.353 e. The lowest BCUT2D eigenvalue weighted by Crippen LogP contribution is -2.39. The number of nitrogens with one attached hydrogen (secondary N) is 2. The molecular weight excluding hydrogens is 295 g/mol. The zero-order chi connectivity index (χ0) is 14.6. The summed E-state index contributed by atoms with van der Waals surface area (Å²) in [6.45, 7) is 3.12. The topological polar surface area (TPSA) is 75.3 Å². The van der Waals surface area contributed by atoms with Crippen LogP contribution in [0.5, 0.6) is 0 Å². The lowest BCUT2D eigenvalue weighted by molar-refractivity contribution is -0.120. The van der Waals surface area contributed by atoms with E-state index in [1.165, 1.54) is 0 Å². The average Bonchev–Trinajstić information content (AvgIpc) is 2.29. The molecular formula is C11H14ClFN2O3S. The summed E-state index contributed by atoms with van der Waals surface area (Å²) in [6, 6.07) is 2.92. The Balaban J connectivity index is 2.76. The number of carbonyl (C=O) groups excluding carboxylic acids is 1. The van der Waals surface area contributed by atoms with Gasteiger partial charge in [0.15, 0.2) is 0 Å². The molecule has 0 heterocycles. The highest BCUT2D eigenvalue weighted by Gasteiger charge is 2.17. The minimum atomic E-state index is -3.89. The van der Waals surface area contributed by atoms with E-state index in [9.17, 15) is 17.6 Å². The van der Waals surface area contributed by atoms with Crippen molar-refractivity contribution in [3.05, 3.63) is 29.0 Å². The van der Waals surface area contributed by atoms with Gasteiger partial charge in [-0.2, -0.15) is 0 Å². The summed E-state index contributed by atoms with van der Waals surface area (Å²) in [4.78, 5) is 11.1. The predicted molar refractivity (Wildman–Crippen MR) is 69.9 cm³/mol. The number of carbonyl (C=O) groups is 1. The first kappa shape index (κ1) is 15.9. The Bertz CT molecular complexity index is 575. The fourth-order valence-corrected chi connectivity index (χ4v) is 2.51. The molecule has 0 aromatic heterocycles. The van der Waals surface area contributed by atoms with Gasteiger partial charge in [0.2, 0.25) is 15.9 Å². The summed E-state index contributed by atoms with van der Waals surface area (Å²) in [6.07, 6.45) is 0. The van der Waals surface area contributed by atoms with Crippen LogP contribution in [0.25, 0.3) is 0 Å². The lowest BCUT2D eigenvalue weighted by Gasteiger charge is -2.10. The molecule has 106 valence electrons. The van der Waals surface area contributed by atoms with Gasteiger partial charge in [-0.05, 0) is 32.0 Å². The zero-order valence-corrected chi connectivity index (χ0v) is 12.0. The van der Waals surface area contributed by atoms with Crippen molar-refractivity contribution in [3.8, 4) is 0 Å². The van der Waals surface area contributed by atoms with Crippen LogP contribution in [0.1, 0.15) is 13.8 Å². The molecule has 0 spiro atoms. The number of hydrogen-bond donors (Lipinski definition) is 2. The number of benzene rings is 1. The third kappa shape index (κ3) is 4.77. The Morgan fingerprint density at radius 1 is 1.42 bits per heavy atom. The van der Waals surface area contributed by atoms with Gasteiger partial charge < -0.3 is 5.32 Å². The summed E-state index contributed by atoms with van der Waals surface area (Å²) in [5.41, 5.74) is 0. The maximum atomic E-state index is 12.9. The van der Waals surface area contributed by atoms with Gasteiger partial charge in [0.05, 0.1) is 16.5 Å². The van der Waals surface area contributed by atoms with Crippen LogP contribution in [0.4, 0.5) is 4.39 Å². The fraction of sp³-hybridized carbons (Fsp3) is 0.364. The van der Waals surface area contributed by atoms with E-state index in [1.807, 2.05) is 0 Å². The second kappa shape index (κ2) is 6.31. The van der Waals surface area contributed by atoms with Crippen LogP contribution < -0.4 is 10.0 Å². The van der Waals surface area contributed by atoms with Gasteiger partial charge in [0.1, 0.15) is 5.82 Å². The van der Waals surface area contributed by atoms with Crippen molar-refractivity contribution in [1.82, 2.24) is 10.0 Å². The molecule has 5 nitrogen and oxygen atoms in total. The molecule has 0 saturated heterocycles. The minimum Gasteiger partial charge on any atom is -0.353 e. The van der Waals surface area contributed by atoms with E-state index >= 15 is 0 Å². The normalized spacial score (nSPS) is 11.6. The molecule has 0 bridgehead atoms. The molecule has 1 aromatic rings. The van der Waals surface area contributed by atoms with Gasteiger partial charge in [-0.25, -0.2) is 17.5 Å². The molecule has 8 heteroatoms. The molecule has 0 saturated carbocycles. The molecule has 0 radical (unpaired) electrons. The highest BCUT2D eigenvalue weighted by atomic mass is 35.5. The molecule has 0 fully saturated rings. The standard InChI is InChI=1S/C11H14ClFN2O3S/c1-7(2)15-11(16)6-14-19(17,18)8-3-4-10(13)9(12)5-8/h3-5,7,14H,6H2,1-2H3,(H,15,16). The van der Waals surface area contributed by atoms with Crippen molar-refractivity contribution >= 4 is 27.5 Å². The minimum absolute atomic E-state index is 0.0859. The molecule has 1 aromatic carbocycles. The SMILES string of the molecule is CC(C)NC(=O)CNS(=O)(=O)c1ccc(F)c(Cl)c1. The maximum absolute atomic E-state index is 12.9. The Morgan fingerprint density at radius 3 is 2.58 bits per heavy atom. The van der Waals surface area contributed by atoms with Gasteiger partial charge in [0.25, 0.3) is 0 Å². The second-order valence-electron chi connectivity index (χ2n) is 4.12. The van der Waals surface area contributed by atoms with Gasteiger partial charge in [-0.1, -0.05) is 11.6 Å². The Labute approximate surface area is 116 Å². The van der Waals surface area contributed by atoms with E-state index in [0.29, 0.717) is 0 Å². The monoisotopic (exact) mass is 308 g/mol. The average molecular weight is 309 g/mol. The fourth-order valence-electron chi connectivity index (χ4n) is 1.26. The molecule has 0 atom stereocenters. The van der Waals surface area contributed by atoms with Crippen LogP contribution in [0.15, 0.2) is 23.1 Å². The number of amides is 1. The van der Waals surface area contributed by atoms with Gasteiger partial charge in [-0.15, -0.1) is 0 Å². The highest BCUT2D eigenvalue weighted by Crippen LogP contribution is 2.19. The molecule has 2 N–H and O–H groups in total. The van der Waals surface area contributed by atoms with Crippen LogP contribution in [0, 0.1) is 5.82 Å². The predicted octanol–water partition coefficient (Wildman–Crippen LogP) is 1.28. The Hall–Kier alpha value is -1.18. The van der Waals surface area contributed by atoms with Crippen molar-refractivity contribution in [1.29, 1.82) is 0 Å². The smallest absolute Gasteiger partial charge is 0.241 e. The maximum Gasteiger partial charge on any atom is 0.241 e. The zero-order valence-electron chi connectivity index (χ0n) is 10.4. The van der Waals surface area contributed by atoms with Gasteiger partial charge >= 0.3 is 0 Å². The van der Waals surface area contributed by atoms with E-state index in [1.54, 1.807) is 13.8 Å². The number of sulfonamides is 1. The van der Waals surface area contributed by atoms with Gasteiger partial charge in [-0.3, -0.25) is 4.79 Å². The van der Waals surface area contributed by atoms with Crippen molar-refractivity contribution < 1.29 is 17.6 Å². The van der Waals surface area contributed by atoms with Crippen LogP contribution >= 0.6 is 11.6 Å². The number of halogens is 2. The van der Waals surface area contributed by atoms with E-state index in [-0.39, 0.29) is 16.0 Å². The number of rotatable bonds is 5. The van der Waals surface area contributed by atoms with Crippen LogP contribution in [0.3, 0.4) is 0 Å². The summed E-state index contributed by atoms with van der Waals surface area (Å²) < 4.78 is 38.7. The Morgan fingerprint density at radius 2 is 2.05 bits per heavy atom. The van der Waals surface area contributed by atoms with Crippen molar-refractivity contribution in [2.75, 3.05) is 6.54 Å². The van der Waals surface area contributed by atoms with Crippen molar-refractivity contribution in [2.24, 2.45) is 0 Å². The quantitative estimate of drug-likeness (QED) is 0.860. The van der Waals surface area contributed by atoms with Crippen LogP contribution in [-0.4, -0.2) is 26.9 Å². The van der Waals surface area contributed by atoms with E-state index < -0.39 is 28.3 Å². The molecule has 0 aliphatic carbocycles. The van der Waals surface area contributed by atoms with Crippen LogP contribution in [0.2, 0.25) is 5.02 Å². The highest BCUT2D eigenvalue weighted by molar-refractivity contribution is 7.89. The first-order chi connectivity index (χ1) is 8.72. The summed E-state index contributed by atoms with van der Waals surface area (Å²) >= 11 is 5.50. The Kier molecular flexibility index (Phi) is 5.28. The van der Waals surface area contributed by atoms with Crippen molar-refractivity contribution in [2.45, 2.75) is 24.8 Å². The third-order valence-electron chi connectivity index (χ3n) is 2.07. The van der Waals surface area contributed by atoms with Gasteiger partial charge in [0, 0.05) is 6.04 Å².